The molecule has 0 bridgehead atoms. The minimum Gasteiger partial charge on any atom is -0.332 e. The summed E-state index contributed by atoms with van der Waals surface area (Å²) >= 11 is 0. The number of anilines is 1. The number of piperazine rings is 1. The Balaban J connectivity index is 1.48. The van der Waals surface area contributed by atoms with Crippen LogP contribution < -0.4 is 15.2 Å². The topological polar surface area (TPSA) is 54.3 Å². The van der Waals surface area contributed by atoms with Crippen LogP contribution in [0.4, 0.5) is 14.6 Å². The number of pyridine rings is 1. The Kier molecular flexibility index (Phi) is 5.78. The Morgan fingerprint density at radius 1 is 1.19 bits per heavy atom. The predicted molar refractivity (Wildman–Crippen MR) is 93.4 cm³/mol. The molecule has 1 atom stereocenters. The number of H-pyrrole nitrogens is 1. The third-order valence-corrected chi connectivity index (χ3v) is 4.76. The second-order valence-corrected chi connectivity index (χ2v) is 6.51. The molecular weight excluding hydrogens is 338 g/mol. The highest BCUT2D eigenvalue weighted by Gasteiger charge is 2.27. The molecular formula is C19H24F2N4O+2. The van der Waals surface area contributed by atoms with Gasteiger partial charge in [-0.15, -0.1) is 0 Å². The minimum absolute atomic E-state index is 0.0380. The third kappa shape index (κ3) is 4.35. The molecule has 1 aliphatic rings. The van der Waals surface area contributed by atoms with Crippen molar-refractivity contribution in [2.45, 2.75) is 13.0 Å². The highest BCUT2D eigenvalue weighted by molar-refractivity contribution is 5.77. The van der Waals surface area contributed by atoms with E-state index in [9.17, 15) is 13.6 Å². The highest BCUT2D eigenvalue weighted by atomic mass is 19.1. The van der Waals surface area contributed by atoms with Crippen molar-refractivity contribution in [1.29, 1.82) is 0 Å². The van der Waals surface area contributed by atoms with E-state index in [1.165, 1.54) is 12.1 Å². The molecule has 5 nitrogen and oxygen atoms in total. The van der Waals surface area contributed by atoms with Crippen LogP contribution in [0.3, 0.4) is 0 Å². The Labute approximate surface area is 151 Å². The van der Waals surface area contributed by atoms with Gasteiger partial charge in [0, 0.05) is 17.7 Å². The van der Waals surface area contributed by atoms with Crippen molar-refractivity contribution in [3.8, 4) is 0 Å². The molecule has 2 aromatic rings. The molecule has 2 heterocycles. The van der Waals surface area contributed by atoms with Crippen molar-refractivity contribution in [3.05, 3.63) is 59.8 Å². The summed E-state index contributed by atoms with van der Waals surface area (Å²) in [5.41, 5.74) is 0.406. The van der Waals surface area contributed by atoms with Crippen LogP contribution in [0.5, 0.6) is 0 Å². The molecule has 3 N–H and O–H groups in total. The second-order valence-electron chi connectivity index (χ2n) is 6.51. The number of aromatic nitrogens is 1. The van der Waals surface area contributed by atoms with Gasteiger partial charge in [-0.2, -0.15) is 0 Å². The van der Waals surface area contributed by atoms with Gasteiger partial charge in [0.2, 0.25) is 0 Å². The summed E-state index contributed by atoms with van der Waals surface area (Å²) in [6, 6.07) is 9.24. The van der Waals surface area contributed by atoms with Gasteiger partial charge in [0.15, 0.2) is 6.54 Å². The zero-order valence-electron chi connectivity index (χ0n) is 14.8. The number of rotatable bonds is 5. The highest BCUT2D eigenvalue weighted by Crippen LogP contribution is 2.15. The van der Waals surface area contributed by atoms with E-state index in [0.29, 0.717) is 18.7 Å². The average molecular weight is 362 g/mol. The lowest BCUT2D eigenvalue weighted by atomic mass is 10.1. The lowest BCUT2D eigenvalue weighted by molar-refractivity contribution is -0.683. The molecule has 0 unspecified atom stereocenters. The molecule has 1 aromatic heterocycles. The molecule has 1 saturated heterocycles. The molecule has 0 radical (unpaired) electrons. The van der Waals surface area contributed by atoms with Gasteiger partial charge in [-0.3, -0.25) is 9.69 Å². The number of hydrogen-bond donors (Lipinski definition) is 1. The summed E-state index contributed by atoms with van der Waals surface area (Å²) < 4.78 is 26.8. The van der Waals surface area contributed by atoms with E-state index in [1.807, 2.05) is 36.2 Å². The molecule has 1 fully saturated rings. The fourth-order valence-electron chi connectivity index (χ4n) is 3.18. The van der Waals surface area contributed by atoms with Crippen LogP contribution in [0.2, 0.25) is 0 Å². The van der Waals surface area contributed by atoms with Crippen molar-refractivity contribution in [3.63, 3.8) is 0 Å². The van der Waals surface area contributed by atoms with Gasteiger partial charge < -0.3 is 10.2 Å². The first-order valence-corrected chi connectivity index (χ1v) is 8.82. The van der Waals surface area contributed by atoms with Crippen LogP contribution in [-0.4, -0.2) is 43.5 Å². The van der Waals surface area contributed by atoms with Gasteiger partial charge in [0.25, 0.3) is 11.7 Å². The van der Waals surface area contributed by atoms with Gasteiger partial charge in [-0.1, -0.05) is 6.07 Å². The van der Waals surface area contributed by atoms with E-state index >= 15 is 0 Å². The molecule has 3 rings (SSSR count). The molecule has 26 heavy (non-hydrogen) atoms. The zero-order valence-corrected chi connectivity index (χ0v) is 14.8. The largest absolute Gasteiger partial charge is 0.332 e. The number of nitrogens with zero attached hydrogens (tertiary/aromatic N) is 2. The number of aromatic amines is 1. The first-order chi connectivity index (χ1) is 12.5. The lowest BCUT2D eigenvalue weighted by Gasteiger charge is -2.30. The SMILES string of the molecule is C[C@H]([NH2+]CC(=O)N1CCN(c2cccc[nH+]2)CC1)c1ccc(F)cc1F. The van der Waals surface area contributed by atoms with Gasteiger partial charge >= 0.3 is 0 Å². The molecule has 1 aliphatic heterocycles. The number of quaternary nitrogens is 1. The Morgan fingerprint density at radius 2 is 1.96 bits per heavy atom. The predicted octanol–water partition coefficient (Wildman–Crippen LogP) is 0.752. The van der Waals surface area contributed by atoms with Crippen molar-refractivity contribution in [2.24, 2.45) is 0 Å². The Morgan fingerprint density at radius 3 is 2.62 bits per heavy atom. The molecule has 138 valence electrons. The van der Waals surface area contributed by atoms with Gasteiger partial charge in [-0.25, -0.2) is 13.8 Å². The van der Waals surface area contributed by atoms with Crippen molar-refractivity contribution in [2.75, 3.05) is 37.6 Å². The Bertz CT molecular complexity index is 748. The molecule has 0 aliphatic carbocycles. The average Bonchev–Trinajstić information content (AvgIpc) is 2.66. The molecule has 0 saturated carbocycles. The van der Waals surface area contributed by atoms with E-state index in [2.05, 4.69) is 9.88 Å². The van der Waals surface area contributed by atoms with Crippen LogP contribution in [-0.2, 0) is 4.79 Å². The van der Waals surface area contributed by atoms with Gasteiger partial charge in [0.05, 0.1) is 19.3 Å². The lowest BCUT2D eigenvalue weighted by Crippen LogP contribution is -2.87. The monoisotopic (exact) mass is 362 g/mol. The van der Waals surface area contributed by atoms with Crippen LogP contribution >= 0.6 is 0 Å². The fourth-order valence-corrected chi connectivity index (χ4v) is 3.18. The smallest absolute Gasteiger partial charge is 0.277 e. The third-order valence-electron chi connectivity index (χ3n) is 4.76. The number of carbonyl (C=O) groups excluding carboxylic acids is 1. The number of nitrogens with one attached hydrogen (secondary N) is 1. The number of nitrogens with two attached hydrogens (primary N) is 1. The summed E-state index contributed by atoms with van der Waals surface area (Å²) in [6.45, 7) is 4.93. The minimum atomic E-state index is -0.594. The standard InChI is InChI=1S/C19H22F2N4O/c1-14(16-6-5-15(20)12-17(16)21)23-13-19(26)25-10-8-24(9-11-25)18-4-2-3-7-22-18/h2-7,12,14,23H,8-11,13H2,1H3/p+2/t14-/m0/s1. The number of hydrogen-bond acceptors (Lipinski definition) is 2. The zero-order chi connectivity index (χ0) is 18.5. The number of benzene rings is 1. The van der Waals surface area contributed by atoms with Crippen molar-refractivity contribution >= 4 is 11.7 Å². The fraction of sp³-hybridized carbons (Fsp3) is 0.368. The van der Waals surface area contributed by atoms with E-state index in [0.717, 1.165) is 25.0 Å². The molecule has 1 amide bonds. The summed E-state index contributed by atoms with van der Waals surface area (Å²) in [5.74, 6) is -0.0837. The maximum Gasteiger partial charge on any atom is 0.277 e. The second kappa shape index (κ2) is 8.23. The Hall–Kier alpha value is -2.54. The quantitative estimate of drug-likeness (QED) is 0.854. The van der Waals surface area contributed by atoms with Crippen LogP contribution in [0.15, 0.2) is 42.6 Å². The van der Waals surface area contributed by atoms with E-state index in [-0.39, 0.29) is 18.5 Å². The first-order valence-electron chi connectivity index (χ1n) is 8.82. The summed E-state index contributed by atoms with van der Waals surface area (Å²) in [5, 5.41) is 1.79. The number of amides is 1. The van der Waals surface area contributed by atoms with Crippen LogP contribution in [0.25, 0.3) is 0 Å². The molecule has 7 heteroatoms. The van der Waals surface area contributed by atoms with Gasteiger partial charge in [0.1, 0.15) is 30.8 Å². The van der Waals surface area contributed by atoms with Crippen molar-refractivity contribution < 1.29 is 23.9 Å². The van der Waals surface area contributed by atoms with Crippen LogP contribution in [0.1, 0.15) is 18.5 Å². The molecule has 0 spiro atoms. The number of halogens is 2. The maximum absolute atomic E-state index is 13.8. The first kappa shape index (κ1) is 18.3. The summed E-state index contributed by atoms with van der Waals surface area (Å²) in [4.78, 5) is 19.7. The van der Waals surface area contributed by atoms with E-state index in [1.54, 1.807) is 5.32 Å². The van der Waals surface area contributed by atoms with E-state index in [4.69, 9.17) is 0 Å². The summed E-state index contributed by atoms with van der Waals surface area (Å²) in [7, 11) is 0. The van der Waals surface area contributed by atoms with Gasteiger partial charge in [-0.05, 0) is 25.1 Å². The van der Waals surface area contributed by atoms with E-state index < -0.39 is 11.6 Å². The van der Waals surface area contributed by atoms with Crippen LogP contribution in [0, 0.1) is 11.6 Å². The number of carbonyl (C=O) groups is 1. The summed E-state index contributed by atoms with van der Waals surface area (Å²) in [6.07, 6.45) is 1.89. The maximum atomic E-state index is 13.8. The molecule has 1 aromatic carbocycles. The van der Waals surface area contributed by atoms with Crippen molar-refractivity contribution in [1.82, 2.24) is 4.90 Å². The normalized spacial score (nSPS) is 15.8.